The Kier molecular flexibility index (Phi) is 3.05. The van der Waals surface area contributed by atoms with Crippen molar-refractivity contribution in [3.8, 4) is 0 Å². The van der Waals surface area contributed by atoms with Crippen molar-refractivity contribution in [2.75, 3.05) is 0 Å². The van der Waals surface area contributed by atoms with Gasteiger partial charge in [-0.1, -0.05) is 17.7 Å². The lowest BCUT2D eigenvalue weighted by Gasteiger charge is -2.01. The summed E-state index contributed by atoms with van der Waals surface area (Å²) in [5, 5.41) is 0.179. The molecule has 0 aromatic heterocycles. The van der Waals surface area contributed by atoms with Crippen molar-refractivity contribution in [3.63, 3.8) is 0 Å². The average molecular weight is 203 g/mol. The number of para-hydroxylation sites is 1. The van der Waals surface area contributed by atoms with Crippen molar-refractivity contribution < 1.29 is 4.39 Å². The first-order chi connectivity index (χ1) is 6.15. The topological polar surface area (TPSA) is 76.4 Å². The second kappa shape index (κ2) is 4.06. The van der Waals surface area contributed by atoms with E-state index in [4.69, 9.17) is 23.2 Å². The van der Waals surface area contributed by atoms with E-state index >= 15 is 0 Å². The fourth-order valence-electron chi connectivity index (χ4n) is 0.749. The van der Waals surface area contributed by atoms with Crippen molar-refractivity contribution in [2.45, 2.75) is 0 Å². The van der Waals surface area contributed by atoms with Crippen LogP contribution in [0.5, 0.6) is 0 Å². The Morgan fingerprint density at radius 2 is 2.23 bits per heavy atom. The van der Waals surface area contributed by atoms with Gasteiger partial charge in [0.1, 0.15) is 11.5 Å². The minimum absolute atomic E-state index is 0.0281. The molecule has 0 fully saturated rings. The molecule has 0 atom stereocenters. The third kappa shape index (κ3) is 2.30. The Balaban J connectivity index is 3.14. The van der Waals surface area contributed by atoms with Crippen molar-refractivity contribution in [2.24, 2.45) is 16.6 Å². The number of hydrogen-bond acceptors (Lipinski definition) is 2. The van der Waals surface area contributed by atoms with Crippen LogP contribution in [0.2, 0.25) is 5.02 Å². The Morgan fingerprint density at radius 1 is 1.54 bits per heavy atom. The first kappa shape index (κ1) is 9.76. The minimum Gasteiger partial charge on any atom is -0.369 e. The smallest absolute Gasteiger partial charge is 0.208 e. The summed E-state index contributed by atoms with van der Waals surface area (Å²) in [5.74, 6) is 4.29. The molecule has 6 heteroatoms. The van der Waals surface area contributed by atoms with Gasteiger partial charge in [0.2, 0.25) is 5.96 Å². The highest BCUT2D eigenvalue weighted by Gasteiger charge is 2.05. The summed E-state index contributed by atoms with van der Waals surface area (Å²) < 4.78 is 13.0. The number of nitrogens with one attached hydrogen (secondary N) is 1. The Labute approximate surface area is 79.4 Å². The predicted molar refractivity (Wildman–Crippen MR) is 50.0 cm³/mol. The molecule has 4 nitrogen and oxygen atoms in total. The Morgan fingerprint density at radius 3 is 2.77 bits per heavy atom. The summed E-state index contributed by atoms with van der Waals surface area (Å²) in [5.41, 5.74) is 7.27. The Bertz CT molecular complexity index is 319. The molecule has 70 valence electrons. The molecule has 1 aromatic carbocycles. The zero-order valence-electron chi connectivity index (χ0n) is 6.59. The van der Waals surface area contributed by atoms with E-state index in [1.165, 1.54) is 18.2 Å². The van der Waals surface area contributed by atoms with Gasteiger partial charge in [-0.05, 0) is 12.1 Å². The molecule has 0 aliphatic carbocycles. The third-order valence-corrected chi connectivity index (χ3v) is 1.62. The largest absolute Gasteiger partial charge is 0.369 e. The zero-order valence-corrected chi connectivity index (χ0v) is 7.35. The number of nitrogens with zero attached hydrogens (tertiary/aromatic N) is 1. The number of hydrogen-bond donors (Lipinski definition) is 3. The van der Waals surface area contributed by atoms with E-state index in [1.807, 2.05) is 0 Å². The van der Waals surface area contributed by atoms with Crippen molar-refractivity contribution >= 4 is 23.2 Å². The number of halogens is 2. The lowest BCUT2D eigenvalue weighted by molar-refractivity contribution is 0.630. The van der Waals surface area contributed by atoms with Crippen LogP contribution in [0.3, 0.4) is 0 Å². The van der Waals surface area contributed by atoms with Gasteiger partial charge < -0.3 is 5.73 Å². The van der Waals surface area contributed by atoms with Crippen molar-refractivity contribution in [1.82, 2.24) is 5.43 Å². The molecule has 0 unspecified atom stereocenters. The van der Waals surface area contributed by atoms with E-state index in [2.05, 4.69) is 10.4 Å². The van der Waals surface area contributed by atoms with Crippen LogP contribution in [0, 0.1) is 5.82 Å². The number of aliphatic imine (C=N–C) groups is 1. The fourth-order valence-corrected chi connectivity index (χ4v) is 0.954. The summed E-state index contributed by atoms with van der Waals surface area (Å²) in [6.45, 7) is 0. The van der Waals surface area contributed by atoms with Crippen LogP contribution in [-0.4, -0.2) is 5.96 Å². The average Bonchev–Trinajstić information content (AvgIpc) is 2.11. The van der Waals surface area contributed by atoms with Gasteiger partial charge in [-0.2, -0.15) is 0 Å². The van der Waals surface area contributed by atoms with Crippen LogP contribution in [-0.2, 0) is 0 Å². The van der Waals surface area contributed by atoms with Crippen molar-refractivity contribution in [1.29, 1.82) is 0 Å². The highest BCUT2D eigenvalue weighted by Crippen LogP contribution is 2.27. The lowest BCUT2D eigenvalue weighted by Crippen LogP contribution is -2.36. The number of guanidine groups is 1. The SMILES string of the molecule is NNC(N)=Nc1c(F)cccc1Cl. The monoisotopic (exact) mass is 202 g/mol. The van der Waals surface area contributed by atoms with Gasteiger partial charge >= 0.3 is 0 Å². The van der Waals surface area contributed by atoms with Crippen LogP contribution in [0.1, 0.15) is 0 Å². The van der Waals surface area contributed by atoms with Gasteiger partial charge in [-0.3, -0.25) is 5.43 Å². The van der Waals surface area contributed by atoms with Crippen LogP contribution < -0.4 is 17.0 Å². The van der Waals surface area contributed by atoms with Crippen LogP contribution >= 0.6 is 11.6 Å². The molecule has 1 aromatic rings. The molecule has 0 bridgehead atoms. The maximum atomic E-state index is 13.0. The van der Waals surface area contributed by atoms with Crippen LogP contribution in [0.25, 0.3) is 0 Å². The van der Waals surface area contributed by atoms with Crippen molar-refractivity contribution in [3.05, 3.63) is 29.0 Å². The molecule has 0 amide bonds. The number of nitrogens with two attached hydrogens (primary N) is 2. The summed E-state index contributed by atoms with van der Waals surface area (Å²) in [4.78, 5) is 3.63. The molecule has 0 saturated carbocycles. The first-order valence-electron chi connectivity index (χ1n) is 3.40. The van der Waals surface area contributed by atoms with E-state index in [0.717, 1.165) is 0 Å². The molecule has 0 saturated heterocycles. The molecular formula is C7H8ClFN4. The third-order valence-electron chi connectivity index (χ3n) is 1.32. The molecular weight excluding hydrogens is 195 g/mol. The summed E-state index contributed by atoms with van der Waals surface area (Å²) in [7, 11) is 0. The van der Waals surface area contributed by atoms with Gasteiger partial charge in [0.25, 0.3) is 0 Å². The maximum Gasteiger partial charge on any atom is 0.208 e. The summed E-state index contributed by atoms with van der Waals surface area (Å²) in [6, 6.07) is 4.21. The van der Waals surface area contributed by atoms with E-state index in [0.29, 0.717) is 0 Å². The van der Waals surface area contributed by atoms with E-state index < -0.39 is 5.82 Å². The van der Waals surface area contributed by atoms with Gasteiger partial charge in [0.15, 0.2) is 0 Å². The molecule has 0 heterocycles. The van der Waals surface area contributed by atoms with Crippen LogP contribution in [0.4, 0.5) is 10.1 Å². The van der Waals surface area contributed by atoms with Gasteiger partial charge in [-0.15, -0.1) is 0 Å². The number of hydrazine groups is 1. The number of benzene rings is 1. The molecule has 1 rings (SSSR count). The Hall–Kier alpha value is -1.33. The van der Waals surface area contributed by atoms with E-state index in [-0.39, 0.29) is 16.7 Å². The standard InChI is InChI=1S/C7H8ClFN4/c8-4-2-1-3-5(9)6(4)12-7(10)13-11/h1-3H,11H2,(H3,10,12,13). The maximum absolute atomic E-state index is 13.0. The van der Waals surface area contributed by atoms with E-state index in [9.17, 15) is 4.39 Å². The minimum atomic E-state index is -0.550. The highest BCUT2D eigenvalue weighted by molar-refractivity contribution is 6.33. The quantitative estimate of drug-likeness (QED) is 0.274. The summed E-state index contributed by atoms with van der Waals surface area (Å²) in [6.07, 6.45) is 0. The zero-order chi connectivity index (χ0) is 9.84. The van der Waals surface area contributed by atoms with Gasteiger partial charge in [-0.25, -0.2) is 15.2 Å². The van der Waals surface area contributed by atoms with E-state index in [1.54, 1.807) is 0 Å². The van der Waals surface area contributed by atoms with Crippen LogP contribution in [0.15, 0.2) is 23.2 Å². The molecule has 13 heavy (non-hydrogen) atoms. The molecule has 0 spiro atoms. The highest BCUT2D eigenvalue weighted by atomic mass is 35.5. The van der Waals surface area contributed by atoms with Gasteiger partial charge in [0.05, 0.1) is 5.02 Å². The second-order valence-corrected chi connectivity index (χ2v) is 2.62. The normalized spacial score (nSPS) is 11.5. The van der Waals surface area contributed by atoms with Gasteiger partial charge in [0, 0.05) is 0 Å². The predicted octanol–water partition coefficient (Wildman–Crippen LogP) is 0.889. The molecule has 0 aliphatic heterocycles. The molecule has 0 aliphatic rings. The first-order valence-corrected chi connectivity index (χ1v) is 3.77. The lowest BCUT2D eigenvalue weighted by atomic mass is 10.3. The summed E-state index contributed by atoms with van der Waals surface area (Å²) >= 11 is 5.66. The fraction of sp³-hybridized carbons (Fsp3) is 0. The number of rotatable bonds is 1. The molecule has 0 radical (unpaired) electrons. The second-order valence-electron chi connectivity index (χ2n) is 2.21. The molecule has 5 N–H and O–H groups in total.